The fourth-order valence-corrected chi connectivity index (χ4v) is 11.6. The topological polar surface area (TPSA) is 124 Å². The zero-order chi connectivity index (χ0) is 29.1. The number of ketones is 1. The van der Waals surface area contributed by atoms with Gasteiger partial charge in [0.05, 0.1) is 30.5 Å². The summed E-state index contributed by atoms with van der Waals surface area (Å²) in [7, 11) is 8.50. The van der Waals surface area contributed by atoms with Crippen molar-refractivity contribution in [1.82, 2.24) is 4.90 Å². The van der Waals surface area contributed by atoms with Gasteiger partial charge < -0.3 is 38.8 Å². The van der Waals surface area contributed by atoms with Crippen LogP contribution in [0.15, 0.2) is 30.3 Å². The Labute approximate surface area is 240 Å². The minimum Gasteiger partial charge on any atom is -0.455 e. The molecule has 1 spiro atoms. The second-order valence-electron chi connectivity index (χ2n) is 13.4. The van der Waals surface area contributed by atoms with Crippen molar-refractivity contribution in [3.05, 3.63) is 35.9 Å². The fraction of sp³-hybridized carbons (Fsp3) is 0.742. The predicted octanol–water partition coefficient (Wildman–Crippen LogP) is 0.781. The molecule has 1 aromatic rings. The number of likely N-dealkylation sites (tertiary alicyclic amines) is 1. The fourth-order valence-electron chi connectivity index (χ4n) is 11.6. The highest BCUT2D eigenvalue weighted by molar-refractivity contribution is 5.92. The highest BCUT2D eigenvalue weighted by Crippen LogP contribution is 2.78. The van der Waals surface area contributed by atoms with E-state index in [0.29, 0.717) is 25.1 Å². The molecular weight excluding hydrogens is 530 g/mol. The summed E-state index contributed by atoms with van der Waals surface area (Å²) < 4.78 is 30.5. The zero-order valence-corrected chi connectivity index (χ0v) is 24.3. The number of benzene rings is 1. The van der Waals surface area contributed by atoms with Gasteiger partial charge >= 0.3 is 5.97 Å². The third-order valence-electron chi connectivity index (χ3n) is 12.2. The lowest BCUT2D eigenvalue weighted by Gasteiger charge is -2.68. The molecule has 7 bridgehead atoms. The van der Waals surface area contributed by atoms with Crippen LogP contribution in [0.5, 0.6) is 0 Å². The van der Waals surface area contributed by atoms with Gasteiger partial charge in [-0.2, -0.15) is 0 Å². The summed E-state index contributed by atoms with van der Waals surface area (Å²) in [6, 6.07) is 8.62. The normalized spacial score (nSPS) is 51.1. The molecule has 3 unspecified atom stereocenters. The highest BCUT2D eigenvalue weighted by Gasteiger charge is 2.87. The van der Waals surface area contributed by atoms with Gasteiger partial charge in [-0.25, -0.2) is 4.79 Å². The number of methoxy groups -OCH3 is 4. The molecule has 0 radical (unpaired) electrons. The van der Waals surface area contributed by atoms with Crippen LogP contribution in [0.3, 0.4) is 0 Å². The molecule has 10 nitrogen and oxygen atoms in total. The van der Waals surface area contributed by atoms with E-state index in [2.05, 4.69) is 11.9 Å². The molecule has 224 valence electrons. The molecule has 0 aromatic heterocycles. The van der Waals surface area contributed by atoms with Crippen LogP contribution in [0.1, 0.15) is 23.2 Å². The lowest BCUT2D eigenvalue weighted by atomic mass is 9.43. The second-order valence-corrected chi connectivity index (χ2v) is 13.4. The Morgan fingerprint density at radius 3 is 2.44 bits per heavy atom. The van der Waals surface area contributed by atoms with E-state index in [1.807, 2.05) is 6.07 Å². The van der Waals surface area contributed by atoms with Crippen LogP contribution in [-0.2, 0) is 28.5 Å². The largest absolute Gasteiger partial charge is 0.455 e. The Bertz CT molecular complexity index is 1230. The number of Topliss-reactive ketones (excluding diaryl/α,β-unsaturated/α-hetero) is 1. The molecule has 10 heteroatoms. The van der Waals surface area contributed by atoms with E-state index in [1.54, 1.807) is 45.6 Å². The molecule has 14 atom stereocenters. The molecule has 1 aromatic carbocycles. The van der Waals surface area contributed by atoms with E-state index in [-0.39, 0.29) is 48.2 Å². The van der Waals surface area contributed by atoms with Crippen LogP contribution in [0, 0.1) is 40.4 Å². The van der Waals surface area contributed by atoms with Gasteiger partial charge in [0.2, 0.25) is 0 Å². The van der Waals surface area contributed by atoms with Crippen molar-refractivity contribution in [1.29, 1.82) is 0 Å². The van der Waals surface area contributed by atoms with Crippen LogP contribution < -0.4 is 0 Å². The third-order valence-corrected chi connectivity index (χ3v) is 12.2. The zero-order valence-electron chi connectivity index (χ0n) is 24.3. The first-order chi connectivity index (χ1) is 19.7. The van der Waals surface area contributed by atoms with E-state index in [9.17, 15) is 19.8 Å². The molecule has 1 saturated heterocycles. The number of aliphatic hydroxyl groups excluding tert-OH is 1. The monoisotopic (exact) mass is 571 g/mol. The first-order valence-electron chi connectivity index (χ1n) is 14.6. The van der Waals surface area contributed by atoms with E-state index in [0.717, 1.165) is 0 Å². The Morgan fingerprint density at radius 2 is 1.80 bits per heavy atom. The number of carbonyl (C=O) groups is 2. The second kappa shape index (κ2) is 9.29. The van der Waals surface area contributed by atoms with Gasteiger partial charge in [0, 0.05) is 81.9 Å². The number of hydrogen-bond donors (Lipinski definition) is 2. The van der Waals surface area contributed by atoms with Crippen LogP contribution in [0.4, 0.5) is 0 Å². The Morgan fingerprint density at radius 1 is 1.07 bits per heavy atom. The van der Waals surface area contributed by atoms with Crippen LogP contribution in [0.2, 0.25) is 0 Å². The number of carbonyl (C=O) groups excluding carboxylic acids is 2. The standard InChI is InChI=1S/C31H41NO9/c1-32-13-29(14-37-2)17(33)11-18(38-3)31-16-12-30(36)26(41-28(35)15-9-7-6-8-10-15)19(16)20(22(34)27(30)40-5)21(25(31)32)23(39-4)24(29)31/h6-10,16-21,23-27,33,36H,11-14H2,1-5H3/t16-,17-,18+,19+,20+,21?,23+,24-,25?,26-,27-,29+,30-,31?/m1/s1. The maximum Gasteiger partial charge on any atom is 0.338 e. The van der Waals surface area contributed by atoms with Crippen molar-refractivity contribution in [3.63, 3.8) is 0 Å². The Kier molecular flexibility index (Phi) is 6.32. The summed E-state index contributed by atoms with van der Waals surface area (Å²) in [5.74, 6) is -2.44. The number of hydrogen-bond acceptors (Lipinski definition) is 10. The summed E-state index contributed by atoms with van der Waals surface area (Å²) in [5.41, 5.74) is -2.57. The SMILES string of the molecule is COC[C@@]12CN(C)C3C4[C@H]5C(=O)[C@@H](OC)[C@@]6(O)C[C@H]([C@@H]5[C@H]6OC(=O)c5ccccc5)C3([C@@H](OC)C[C@H]1O)[C@@H]2[C@H]4OC. The van der Waals surface area contributed by atoms with Gasteiger partial charge in [0.15, 0.2) is 5.78 Å². The van der Waals surface area contributed by atoms with Crippen molar-refractivity contribution in [2.75, 3.05) is 48.6 Å². The van der Waals surface area contributed by atoms with Crippen molar-refractivity contribution in [3.8, 4) is 0 Å². The summed E-state index contributed by atoms with van der Waals surface area (Å²) in [5, 5.41) is 24.2. The van der Waals surface area contributed by atoms with Gasteiger partial charge in [-0.15, -0.1) is 0 Å². The van der Waals surface area contributed by atoms with Crippen LogP contribution >= 0.6 is 0 Å². The number of esters is 1. The number of fused-ring (bicyclic) bond motifs is 2. The van der Waals surface area contributed by atoms with Crippen molar-refractivity contribution >= 4 is 11.8 Å². The Hall–Kier alpha value is -1.92. The first-order valence-corrected chi connectivity index (χ1v) is 14.6. The lowest BCUT2D eigenvalue weighted by Crippen LogP contribution is -2.76. The van der Waals surface area contributed by atoms with Gasteiger partial charge in [0.25, 0.3) is 0 Å². The molecular formula is C31H41NO9. The lowest BCUT2D eigenvalue weighted by molar-refractivity contribution is -0.277. The van der Waals surface area contributed by atoms with E-state index >= 15 is 0 Å². The Balaban J connectivity index is 1.44. The maximum absolute atomic E-state index is 14.4. The number of ether oxygens (including phenoxy) is 5. The van der Waals surface area contributed by atoms with Gasteiger partial charge in [-0.1, -0.05) is 18.2 Å². The van der Waals surface area contributed by atoms with Gasteiger partial charge in [-0.3, -0.25) is 4.79 Å². The predicted molar refractivity (Wildman–Crippen MR) is 144 cm³/mol. The quantitative estimate of drug-likeness (QED) is 0.454. The molecule has 2 N–H and O–H groups in total. The molecule has 6 aliphatic rings. The minimum absolute atomic E-state index is 0.0986. The average Bonchev–Trinajstić information content (AvgIpc) is 3.32. The van der Waals surface area contributed by atoms with E-state index in [1.165, 1.54) is 7.11 Å². The third kappa shape index (κ3) is 3.12. The molecule has 7 rings (SSSR count). The first kappa shape index (κ1) is 27.9. The molecule has 5 saturated carbocycles. The van der Waals surface area contributed by atoms with E-state index in [4.69, 9.17) is 23.7 Å². The maximum atomic E-state index is 14.4. The highest BCUT2D eigenvalue weighted by atomic mass is 16.6. The molecule has 41 heavy (non-hydrogen) atoms. The summed E-state index contributed by atoms with van der Waals surface area (Å²) in [6.07, 6.45) is -2.91. The number of aliphatic hydroxyl groups is 2. The number of rotatable bonds is 7. The van der Waals surface area contributed by atoms with Crippen LogP contribution in [-0.4, -0.2) is 118 Å². The van der Waals surface area contributed by atoms with Crippen molar-refractivity contribution in [2.45, 2.75) is 55.0 Å². The van der Waals surface area contributed by atoms with Crippen molar-refractivity contribution < 1.29 is 43.5 Å². The summed E-state index contributed by atoms with van der Waals surface area (Å²) in [4.78, 5) is 30.1. The molecule has 1 heterocycles. The van der Waals surface area contributed by atoms with E-state index < -0.39 is 52.5 Å². The van der Waals surface area contributed by atoms with Gasteiger partial charge in [0.1, 0.15) is 17.8 Å². The molecule has 5 aliphatic carbocycles. The molecule has 1 aliphatic heterocycles. The smallest absolute Gasteiger partial charge is 0.338 e. The number of piperidine rings is 1. The average molecular weight is 572 g/mol. The summed E-state index contributed by atoms with van der Waals surface area (Å²) >= 11 is 0. The summed E-state index contributed by atoms with van der Waals surface area (Å²) in [6.45, 7) is 0.919. The van der Waals surface area contributed by atoms with Crippen molar-refractivity contribution in [2.24, 2.45) is 40.4 Å². The van der Waals surface area contributed by atoms with Crippen LogP contribution in [0.25, 0.3) is 0 Å². The number of nitrogens with zero attached hydrogens (tertiary/aromatic N) is 1. The van der Waals surface area contributed by atoms with Gasteiger partial charge in [-0.05, 0) is 31.5 Å². The molecule has 6 fully saturated rings. The minimum atomic E-state index is -1.70. The molecule has 0 amide bonds.